The number of benzene rings is 1. The minimum Gasteiger partial charge on any atom is -0.394 e. The average molecular weight is 425 g/mol. The predicted molar refractivity (Wildman–Crippen MR) is 113 cm³/mol. The van der Waals surface area contributed by atoms with Crippen molar-refractivity contribution in [1.82, 2.24) is 30.3 Å². The molecule has 0 aliphatic heterocycles. The third-order valence-electron chi connectivity index (χ3n) is 5.02. The summed E-state index contributed by atoms with van der Waals surface area (Å²) in [6.07, 6.45) is 4.95. The molecule has 162 valence electrons. The number of amides is 1. The number of carbonyl (C=O) groups is 1. The largest absolute Gasteiger partial charge is 0.394 e. The molecule has 3 N–H and O–H groups in total. The van der Waals surface area contributed by atoms with Gasteiger partial charge in [0.1, 0.15) is 17.2 Å². The predicted octanol–water partition coefficient (Wildman–Crippen LogP) is 2.07. The number of hydrogen-bond donors (Lipinski definition) is 3. The lowest BCUT2D eigenvalue weighted by Gasteiger charge is -2.15. The first-order valence-electron chi connectivity index (χ1n) is 10.1. The molecular weight excluding hydrogens is 401 g/mol. The molecule has 2 heterocycles. The topological polar surface area (TPSA) is 118 Å². The van der Waals surface area contributed by atoms with Crippen LogP contribution in [0.15, 0.2) is 24.5 Å². The van der Waals surface area contributed by atoms with Crippen molar-refractivity contribution in [3.8, 4) is 22.6 Å². The molecule has 31 heavy (non-hydrogen) atoms. The van der Waals surface area contributed by atoms with Crippen molar-refractivity contribution in [2.75, 3.05) is 11.9 Å². The maximum atomic E-state index is 14.5. The fourth-order valence-electron chi connectivity index (χ4n) is 3.15. The Balaban J connectivity index is 1.77. The zero-order valence-corrected chi connectivity index (χ0v) is 17.6. The van der Waals surface area contributed by atoms with Crippen LogP contribution in [0, 0.1) is 12.7 Å². The monoisotopic (exact) mass is 425 g/mol. The Labute approximate surface area is 178 Å². The first-order valence-corrected chi connectivity index (χ1v) is 10.1. The molecule has 0 unspecified atom stereocenters. The minimum atomic E-state index is -0.573. The van der Waals surface area contributed by atoms with Crippen molar-refractivity contribution in [2.45, 2.75) is 38.8 Å². The number of rotatable bonds is 7. The fourth-order valence-corrected chi connectivity index (χ4v) is 3.15. The molecule has 0 spiro atoms. The van der Waals surface area contributed by atoms with Gasteiger partial charge in [0.05, 0.1) is 30.3 Å². The van der Waals surface area contributed by atoms with Gasteiger partial charge in [0.2, 0.25) is 0 Å². The summed E-state index contributed by atoms with van der Waals surface area (Å²) in [5.74, 6) is -0.563. The van der Waals surface area contributed by atoms with E-state index < -0.39 is 11.7 Å². The van der Waals surface area contributed by atoms with E-state index in [9.17, 15) is 14.3 Å². The lowest BCUT2D eigenvalue weighted by atomic mass is 10.0. The SMILES string of the molecule is Cc1cc(F)c(C(=O)NC2CC2)cc1-c1cnc(N[C@@H](C)CO)c(-c2cnn(C)n2)n1. The third-order valence-corrected chi connectivity index (χ3v) is 5.02. The summed E-state index contributed by atoms with van der Waals surface area (Å²) in [7, 11) is 1.69. The van der Waals surface area contributed by atoms with Gasteiger partial charge in [-0.25, -0.2) is 14.4 Å². The minimum absolute atomic E-state index is 0.0218. The zero-order chi connectivity index (χ0) is 22.1. The van der Waals surface area contributed by atoms with Crippen LogP contribution in [0.25, 0.3) is 22.6 Å². The highest BCUT2D eigenvalue weighted by molar-refractivity contribution is 5.96. The Kier molecular flexibility index (Phi) is 5.64. The van der Waals surface area contributed by atoms with Crippen molar-refractivity contribution >= 4 is 11.7 Å². The molecule has 0 bridgehead atoms. The number of hydrogen-bond acceptors (Lipinski definition) is 7. The quantitative estimate of drug-likeness (QED) is 0.530. The molecule has 9 nitrogen and oxygen atoms in total. The van der Waals surface area contributed by atoms with E-state index >= 15 is 0 Å². The summed E-state index contributed by atoms with van der Waals surface area (Å²) in [6, 6.07) is 2.72. The average Bonchev–Trinajstić information content (AvgIpc) is 3.45. The second kappa shape index (κ2) is 8.38. The zero-order valence-electron chi connectivity index (χ0n) is 17.6. The number of aryl methyl sites for hydroxylation is 2. The number of carbonyl (C=O) groups excluding carboxylic acids is 1. The van der Waals surface area contributed by atoms with E-state index in [0.29, 0.717) is 34.0 Å². The molecule has 1 aliphatic rings. The molecule has 1 amide bonds. The van der Waals surface area contributed by atoms with Gasteiger partial charge in [-0.3, -0.25) is 4.79 Å². The Morgan fingerprint density at radius 2 is 2.10 bits per heavy atom. The Hall–Kier alpha value is -3.40. The van der Waals surface area contributed by atoms with E-state index in [1.54, 1.807) is 26.4 Å². The van der Waals surface area contributed by atoms with Gasteiger partial charge in [-0.2, -0.15) is 15.0 Å². The summed E-state index contributed by atoms with van der Waals surface area (Å²) in [6.45, 7) is 3.48. The van der Waals surface area contributed by atoms with E-state index in [4.69, 9.17) is 4.98 Å². The van der Waals surface area contributed by atoms with E-state index in [1.165, 1.54) is 16.9 Å². The van der Waals surface area contributed by atoms with Gasteiger partial charge in [-0.05, 0) is 44.4 Å². The standard InChI is InChI=1S/C21H24FN7O2/c1-11-6-16(22)15(21(31)26-13-4-5-13)7-14(11)17-8-23-20(25-12(2)10-30)19(27-17)18-9-24-29(3)28-18/h6-9,12-13,30H,4-5,10H2,1-3H3,(H,23,25)(H,26,31)/t12-/m0/s1. The van der Waals surface area contributed by atoms with Crippen LogP contribution in [0.2, 0.25) is 0 Å². The fraction of sp³-hybridized carbons (Fsp3) is 0.381. The van der Waals surface area contributed by atoms with Gasteiger partial charge in [-0.1, -0.05) is 0 Å². The van der Waals surface area contributed by atoms with Crippen LogP contribution >= 0.6 is 0 Å². The van der Waals surface area contributed by atoms with Gasteiger partial charge >= 0.3 is 0 Å². The second-order valence-electron chi connectivity index (χ2n) is 7.79. The van der Waals surface area contributed by atoms with E-state index in [2.05, 4.69) is 25.8 Å². The summed E-state index contributed by atoms with van der Waals surface area (Å²) in [5, 5.41) is 23.7. The number of halogens is 1. The van der Waals surface area contributed by atoms with Crippen LogP contribution in [0.5, 0.6) is 0 Å². The normalized spacial score (nSPS) is 14.4. The van der Waals surface area contributed by atoms with Gasteiger partial charge in [0.15, 0.2) is 5.82 Å². The van der Waals surface area contributed by atoms with Crippen LogP contribution in [0.4, 0.5) is 10.2 Å². The number of aromatic nitrogens is 5. The van der Waals surface area contributed by atoms with Crippen molar-refractivity contribution in [3.63, 3.8) is 0 Å². The number of aliphatic hydroxyl groups excluding tert-OH is 1. The van der Waals surface area contributed by atoms with Crippen LogP contribution in [0.1, 0.15) is 35.7 Å². The molecule has 1 aliphatic carbocycles. The molecule has 1 atom stereocenters. The first-order chi connectivity index (χ1) is 14.9. The van der Waals surface area contributed by atoms with Gasteiger partial charge in [0, 0.05) is 24.7 Å². The molecular formula is C21H24FN7O2. The smallest absolute Gasteiger partial charge is 0.254 e. The summed E-state index contributed by atoms with van der Waals surface area (Å²) < 4.78 is 14.5. The van der Waals surface area contributed by atoms with Gasteiger partial charge in [0.25, 0.3) is 5.91 Å². The molecule has 1 saturated carbocycles. The Bertz CT molecular complexity index is 1130. The maximum absolute atomic E-state index is 14.5. The number of aliphatic hydroxyl groups is 1. The first kappa shape index (κ1) is 20.9. The maximum Gasteiger partial charge on any atom is 0.254 e. The molecule has 10 heteroatoms. The highest BCUT2D eigenvalue weighted by Crippen LogP contribution is 2.30. The molecule has 0 radical (unpaired) electrons. The van der Waals surface area contributed by atoms with Crippen molar-refractivity contribution < 1.29 is 14.3 Å². The molecule has 1 fully saturated rings. The van der Waals surface area contributed by atoms with Gasteiger partial charge < -0.3 is 15.7 Å². The van der Waals surface area contributed by atoms with Crippen LogP contribution in [-0.4, -0.2) is 54.7 Å². The molecule has 1 aromatic carbocycles. The summed E-state index contributed by atoms with van der Waals surface area (Å²) in [4.78, 5) is 23.0. The lowest BCUT2D eigenvalue weighted by Crippen LogP contribution is -2.26. The highest BCUT2D eigenvalue weighted by atomic mass is 19.1. The number of nitrogens with zero attached hydrogens (tertiary/aromatic N) is 5. The van der Waals surface area contributed by atoms with Crippen LogP contribution < -0.4 is 10.6 Å². The third kappa shape index (κ3) is 4.53. The Morgan fingerprint density at radius 1 is 1.32 bits per heavy atom. The molecule has 0 saturated heterocycles. The molecule has 2 aromatic heterocycles. The second-order valence-corrected chi connectivity index (χ2v) is 7.79. The Morgan fingerprint density at radius 3 is 2.74 bits per heavy atom. The van der Waals surface area contributed by atoms with Gasteiger partial charge in [-0.15, -0.1) is 0 Å². The van der Waals surface area contributed by atoms with E-state index in [-0.39, 0.29) is 24.3 Å². The van der Waals surface area contributed by atoms with Crippen LogP contribution in [0.3, 0.4) is 0 Å². The summed E-state index contributed by atoms with van der Waals surface area (Å²) in [5.41, 5.74) is 2.62. The lowest BCUT2D eigenvalue weighted by molar-refractivity contribution is 0.0947. The number of anilines is 1. The summed E-state index contributed by atoms with van der Waals surface area (Å²) >= 11 is 0. The highest BCUT2D eigenvalue weighted by Gasteiger charge is 2.26. The van der Waals surface area contributed by atoms with E-state index in [0.717, 1.165) is 12.8 Å². The van der Waals surface area contributed by atoms with Crippen molar-refractivity contribution in [3.05, 3.63) is 41.5 Å². The van der Waals surface area contributed by atoms with Crippen molar-refractivity contribution in [1.29, 1.82) is 0 Å². The number of nitrogens with one attached hydrogen (secondary N) is 2. The van der Waals surface area contributed by atoms with Crippen molar-refractivity contribution in [2.24, 2.45) is 7.05 Å². The van der Waals surface area contributed by atoms with Crippen LogP contribution in [-0.2, 0) is 7.05 Å². The molecule has 3 aromatic rings. The van der Waals surface area contributed by atoms with E-state index in [1.807, 2.05) is 6.92 Å². The molecule has 4 rings (SSSR count).